The lowest BCUT2D eigenvalue weighted by Gasteiger charge is -2.22. The van der Waals surface area contributed by atoms with E-state index in [-0.39, 0.29) is 18.7 Å². The predicted molar refractivity (Wildman–Crippen MR) is 84.1 cm³/mol. The van der Waals surface area contributed by atoms with Crippen LogP contribution in [0.3, 0.4) is 0 Å². The molecule has 128 valence electrons. The largest absolute Gasteiger partial charge is 0.381 e. The first kappa shape index (κ1) is 17.8. The van der Waals surface area contributed by atoms with E-state index in [1.807, 2.05) is 0 Å². The standard InChI is InChI=1S/C15H21FN2O4S/c16-14-5-2-1-4-13(14)15(19)17-8-3-9-18-23(20,21)12-6-10-22-11-7-12/h1-2,4-5,12,18H,3,6-11H2,(H,17,19). The number of benzene rings is 1. The molecule has 0 unspecified atom stereocenters. The van der Waals surface area contributed by atoms with Crippen molar-refractivity contribution in [3.05, 3.63) is 35.6 Å². The van der Waals surface area contributed by atoms with Crippen molar-refractivity contribution in [3.63, 3.8) is 0 Å². The Morgan fingerprint density at radius 1 is 1.22 bits per heavy atom. The highest BCUT2D eigenvalue weighted by Gasteiger charge is 2.26. The second-order valence-electron chi connectivity index (χ2n) is 5.34. The van der Waals surface area contributed by atoms with Crippen molar-refractivity contribution in [1.29, 1.82) is 0 Å². The van der Waals surface area contributed by atoms with Crippen LogP contribution in [0.5, 0.6) is 0 Å². The molecule has 2 N–H and O–H groups in total. The van der Waals surface area contributed by atoms with E-state index in [1.54, 1.807) is 6.07 Å². The van der Waals surface area contributed by atoms with Gasteiger partial charge in [0.25, 0.3) is 5.91 Å². The molecule has 2 rings (SSSR count). The summed E-state index contributed by atoms with van der Waals surface area (Å²) in [7, 11) is -3.35. The van der Waals surface area contributed by atoms with E-state index in [4.69, 9.17) is 4.74 Å². The molecule has 0 bridgehead atoms. The van der Waals surface area contributed by atoms with Crippen LogP contribution in [-0.2, 0) is 14.8 Å². The van der Waals surface area contributed by atoms with Crippen LogP contribution < -0.4 is 10.0 Å². The lowest BCUT2D eigenvalue weighted by molar-refractivity contribution is 0.0949. The van der Waals surface area contributed by atoms with Crippen LogP contribution >= 0.6 is 0 Å². The maximum Gasteiger partial charge on any atom is 0.254 e. The third-order valence-electron chi connectivity index (χ3n) is 3.67. The van der Waals surface area contributed by atoms with E-state index in [0.29, 0.717) is 32.5 Å². The van der Waals surface area contributed by atoms with Crippen LogP contribution in [-0.4, -0.2) is 45.9 Å². The number of ether oxygens (including phenoxy) is 1. The van der Waals surface area contributed by atoms with E-state index in [2.05, 4.69) is 10.0 Å². The molecule has 0 saturated carbocycles. The van der Waals surface area contributed by atoms with Crippen LogP contribution in [0.15, 0.2) is 24.3 Å². The zero-order chi connectivity index (χ0) is 16.7. The normalized spacial score (nSPS) is 16.2. The van der Waals surface area contributed by atoms with Crippen LogP contribution in [0.1, 0.15) is 29.6 Å². The van der Waals surface area contributed by atoms with Crippen molar-refractivity contribution < 1.29 is 22.3 Å². The van der Waals surface area contributed by atoms with Crippen LogP contribution in [0.4, 0.5) is 4.39 Å². The average molecular weight is 344 g/mol. The molecule has 0 atom stereocenters. The quantitative estimate of drug-likeness (QED) is 0.724. The van der Waals surface area contributed by atoms with Gasteiger partial charge >= 0.3 is 0 Å². The minimum atomic E-state index is -3.35. The highest BCUT2D eigenvalue weighted by molar-refractivity contribution is 7.90. The number of carbonyl (C=O) groups excluding carboxylic acids is 1. The Bertz CT molecular complexity index is 630. The predicted octanol–water partition coefficient (Wildman–Crippen LogP) is 1.04. The second kappa shape index (κ2) is 8.37. The van der Waals surface area contributed by atoms with Crippen molar-refractivity contribution in [2.45, 2.75) is 24.5 Å². The SMILES string of the molecule is O=C(NCCCNS(=O)(=O)C1CCOCC1)c1ccccc1F. The fourth-order valence-electron chi connectivity index (χ4n) is 2.35. The number of carbonyl (C=O) groups is 1. The minimum Gasteiger partial charge on any atom is -0.381 e. The molecule has 1 aromatic carbocycles. The van der Waals surface area contributed by atoms with Gasteiger partial charge in [-0.1, -0.05) is 12.1 Å². The van der Waals surface area contributed by atoms with Gasteiger partial charge in [-0.15, -0.1) is 0 Å². The summed E-state index contributed by atoms with van der Waals surface area (Å²) in [5.41, 5.74) is -0.0183. The van der Waals surface area contributed by atoms with Gasteiger partial charge in [0.2, 0.25) is 10.0 Å². The molecule has 1 amide bonds. The van der Waals surface area contributed by atoms with E-state index in [9.17, 15) is 17.6 Å². The van der Waals surface area contributed by atoms with Crippen molar-refractivity contribution in [1.82, 2.24) is 10.0 Å². The molecule has 6 nitrogen and oxygen atoms in total. The van der Waals surface area contributed by atoms with Gasteiger partial charge in [-0.2, -0.15) is 0 Å². The first-order chi connectivity index (χ1) is 11.0. The third-order valence-corrected chi connectivity index (χ3v) is 5.62. The summed E-state index contributed by atoms with van der Waals surface area (Å²) in [4.78, 5) is 11.8. The molecule has 1 aliphatic rings. The first-order valence-corrected chi connectivity index (χ1v) is 9.14. The van der Waals surface area contributed by atoms with Gasteiger partial charge in [0.15, 0.2) is 0 Å². The summed E-state index contributed by atoms with van der Waals surface area (Å²) in [6.45, 7) is 1.43. The van der Waals surface area contributed by atoms with E-state index in [1.165, 1.54) is 18.2 Å². The summed E-state index contributed by atoms with van der Waals surface area (Å²) in [6, 6.07) is 5.71. The lowest BCUT2D eigenvalue weighted by Crippen LogP contribution is -2.39. The van der Waals surface area contributed by atoms with Crippen molar-refractivity contribution >= 4 is 15.9 Å². The van der Waals surface area contributed by atoms with Gasteiger partial charge in [-0.3, -0.25) is 4.79 Å². The van der Waals surface area contributed by atoms with Crippen LogP contribution in [0.2, 0.25) is 0 Å². The number of amides is 1. The molecule has 8 heteroatoms. The second-order valence-corrected chi connectivity index (χ2v) is 7.39. The maximum absolute atomic E-state index is 13.4. The van der Waals surface area contributed by atoms with Crippen molar-refractivity contribution in [3.8, 4) is 0 Å². The molecule has 0 aromatic heterocycles. The van der Waals surface area contributed by atoms with E-state index in [0.717, 1.165) is 0 Å². The zero-order valence-electron chi connectivity index (χ0n) is 12.8. The topological polar surface area (TPSA) is 84.5 Å². The Morgan fingerprint density at radius 3 is 2.61 bits per heavy atom. The average Bonchev–Trinajstić information content (AvgIpc) is 2.55. The van der Waals surface area contributed by atoms with Gasteiger partial charge in [-0.25, -0.2) is 17.5 Å². The first-order valence-electron chi connectivity index (χ1n) is 7.59. The Labute approximate surface area is 135 Å². The smallest absolute Gasteiger partial charge is 0.254 e. The fourth-order valence-corrected chi connectivity index (χ4v) is 3.83. The van der Waals surface area contributed by atoms with E-state index < -0.39 is 27.0 Å². The van der Waals surface area contributed by atoms with Gasteiger partial charge in [0.05, 0.1) is 10.8 Å². The number of sulfonamides is 1. The molecule has 1 aromatic rings. The number of rotatable bonds is 7. The highest BCUT2D eigenvalue weighted by atomic mass is 32.2. The molecular weight excluding hydrogens is 323 g/mol. The molecule has 1 saturated heterocycles. The Morgan fingerprint density at radius 2 is 1.91 bits per heavy atom. The molecule has 0 aliphatic carbocycles. The fraction of sp³-hybridized carbons (Fsp3) is 0.533. The van der Waals surface area contributed by atoms with Crippen molar-refractivity contribution in [2.24, 2.45) is 0 Å². The summed E-state index contributed by atoms with van der Waals surface area (Å²) >= 11 is 0. The Kier molecular flexibility index (Phi) is 6.49. The number of nitrogens with one attached hydrogen (secondary N) is 2. The summed E-state index contributed by atoms with van der Waals surface area (Å²) in [5, 5.41) is 2.16. The Balaban J connectivity index is 1.69. The molecule has 0 spiro atoms. The highest BCUT2D eigenvalue weighted by Crippen LogP contribution is 2.14. The van der Waals surface area contributed by atoms with Crippen molar-refractivity contribution in [2.75, 3.05) is 26.3 Å². The number of hydrogen-bond acceptors (Lipinski definition) is 4. The number of halogens is 1. The maximum atomic E-state index is 13.4. The van der Waals surface area contributed by atoms with Gasteiger partial charge in [-0.05, 0) is 31.4 Å². The van der Waals surface area contributed by atoms with Gasteiger partial charge in [0.1, 0.15) is 5.82 Å². The summed E-state index contributed by atoms with van der Waals surface area (Å²) < 4.78 is 45.2. The molecule has 23 heavy (non-hydrogen) atoms. The molecule has 1 fully saturated rings. The summed E-state index contributed by atoms with van der Waals surface area (Å²) in [5.74, 6) is -1.08. The van der Waals surface area contributed by atoms with E-state index >= 15 is 0 Å². The number of hydrogen-bond donors (Lipinski definition) is 2. The summed E-state index contributed by atoms with van der Waals surface area (Å²) in [6.07, 6.45) is 1.43. The minimum absolute atomic E-state index is 0.0183. The van der Waals surface area contributed by atoms with Gasteiger partial charge < -0.3 is 10.1 Å². The molecule has 0 radical (unpaired) electrons. The lowest BCUT2D eigenvalue weighted by atomic mass is 10.2. The monoisotopic (exact) mass is 344 g/mol. The van der Waals surface area contributed by atoms with Crippen LogP contribution in [0.25, 0.3) is 0 Å². The van der Waals surface area contributed by atoms with Crippen LogP contribution in [0, 0.1) is 5.82 Å². The zero-order valence-corrected chi connectivity index (χ0v) is 13.6. The molecular formula is C15H21FN2O4S. The molecule has 1 heterocycles. The molecule has 1 aliphatic heterocycles. The third kappa shape index (κ3) is 5.26. The Hall–Kier alpha value is -1.51. The van der Waals surface area contributed by atoms with Gasteiger partial charge in [0, 0.05) is 26.3 Å².